The molecule has 0 unspecified atom stereocenters. The Hall–Kier alpha value is -1.22. The molecule has 1 heterocycles. The Labute approximate surface area is 65.2 Å². The Kier molecular flexibility index (Phi) is 2.74. The van der Waals surface area contributed by atoms with Gasteiger partial charge in [0.05, 0.1) is 0 Å². The minimum atomic E-state index is 0.380. The van der Waals surface area contributed by atoms with Gasteiger partial charge in [0, 0.05) is 24.9 Å². The van der Waals surface area contributed by atoms with E-state index in [0.717, 1.165) is 17.5 Å². The molecule has 0 spiro atoms. The smallest absolute Gasteiger partial charge is 0.125 e. The normalized spacial score (nSPS) is 9.55. The van der Waals surface area contributed by atoms with E-state index in [-0.39, 0.29) is 0 Å². The fourth-order valence-corrected chi connectivity index (χ4v) is 0.782. The molecule has 2 N–H and O–H groups in total. The third-order valence-electron chi connectivity index (χ3n) is 1.41. The van der Waals surface area contributed by atoms with Crippen molar-refractivity contribution in [3.63, 3.8) is 0 Å². The maximum absolute atomic E-state index is 10.1. The van der Waals surface area contributed by atoms with Crippen molar-refractivity contribution >= 4 is 6.29 Å². The lowest BCUT2D eigenvalue weighted by molar-refractivity contribution is -0.107. The summed E-state index contributed by atoms with van der Waals surface area (Å²) in [6, 6.07) is 3.70. The molecule has 0 amide bonds. The van der Waals surface area contributed by atoms with E-state index in [9.17, 15) is 4.79 Å². The number of aldehydes is 1. The van der Waals surface area contributed by atoms with Crippen LogP contribution in [0.1, 0.15) is 11.3 Å². The molecule has 0 aromatic carbocycles. The lowest BCUT2D eigenvalue weighted by Crippen LogP contribution is -1.98. The number of nitrogens with two attached hydrogens (primary N) is 1. The molecule has 0 fully saturated rings. The van der Waals surface area contributed by atoms with E-state index < -0.39 is 0 Å². The summed E-state index contributed by atoms with van der Waals surface area (Å²) in [5.74, 6) is 0. The van der Waals surface area contributed by atoms with Gasteiger partial charge < -0.3 is 10.5 Å². The predicted octanol–water partition coefficient (Wildman–Crippen LogP) is 0.282. The molecule has 1 aromatic rings. The van der Waals surface area contributed by atoms with Gasteiger partial charge in [-0.2, -0.15) is 0 Å². The van der Waals surface area contributed by atoms with E-state index in [4.69, 9.17) is 5.73 Å². The number of pyridine rings is 1. The highest BCUT2D eigenvalue weighted by molar-refractivity contribution is 5.53. The second-order valence-electron chi connectivity index (χ2n) is 2.23. The molecular weight excluding hydrogens is 140 g/mol. The molecule has 0 saturated heterocycles. The molecule has 0 aliphatic carbocycles. The third-order valence-corrected chi connectivity index (χ3v) is 1.41. The summed E-state index contributed by atoms with van der Waals surface area (Å²) >= 11 is 0. The van der Waals surface area contributed by atoms with Crippen molar-refractivity contribution < 1.29 is 4.79 Å². The van der Waals surface area contributed by atoms with Crippen LogP contribution < -0.4 is 5.73 Å². The molecule has 0 aliphatic heterocycles. The van der Waals surface area contributed by atoms with Crippen LogP contribution in [0.4, 0.5) is 0 Å². The molecule has 3 nitrogen and oxygen atoms in total. The summed E-state index contributed by atoms with van der Waals surface area (Å²) in [5.41, 5.74) is 7.14. The van der Waals surface area contributed by atoms with Crippen LogP contribution in [0.5, 0.6) is 0 Å². The van der Waals surface area contributed by atoms with Gasteiger partial charge in [0.1, 0.15) is 6.29 Å². The van der Waals surface area contributed by atoms with Crippen molar-refractivity contribution in [2.45, 2.75) is 13.0 Å². The zero-order valence-electron chi connectivity index (χ0n) is 6.16. The van der Waals surface area contributed by atoms with E-state index in [1.54, 1.807) is 6.20 Å². The van der Waals surface area contributed by atoms with Crippen LogP contribution in [-0.4, -0.2) is 11.3 Å². The number of hydrogen-bond donors (Lipinski definition) is 1. The first-order valence-corrected chi connectivity index (χ1v) is 3.44. The fourth-order valence-electron chi connectivity index (χ4n) is 0.782. The number of rotatable bonds is 3. The molecule has 0 aliphatic rings. The first-order chi connectivity index (χ1) is 5.36. The van der Waals surface area contributed by atoms with Crippen LogP contribution >= 0.6 is 0 Å². The second kappa shape index (κ2) is 3.83. The molecule has 3 heteroatoms. The van der Waals surface area contributed by atoms with E-state index >= 15 is 0 Å². The highest BCUT2D eigenvalue weighted by Gasteiger charge is 1.92. The standard InChI is InChI=1S/C8H10N2O/c9-5-7-1-2-8(3-4-11)10-6-7/h1-2,4,6H,3,5,9H2. The number of nitrogens with zero attached hydrogens (tertiary/aromatic N) is 1. The van der Waals surface area contributed by atoms with Crippen LogP contribution in [0.15, 0.2) is 18.3 Å². The first-order valence-electron chi connectivity index (χ1n) is 3.44. The maximum atomic E-state index is 10.1. The SMILES string of the molecule is NCc1ccc(CC=O)nc1. The minimum absolute atomic E-state index is 0.380. The summed E-state index contributed by atoms with van der Waals surface area (Å²) in [7, 11) is 0. The van der Waals surface area contributed by atoms with Gasteiger partial charge >= 0.3 is 0 Å². The average Bonchev–Trinajstić information content (AvgIpc) is 2.07. The molecular formula is C8H10N2O. The van der Waals surface area contributed by atoms with Crippen molar-refractivity contribution in [3.8, 4) is 0 Å². The van der Waals surface area contributed by atoms with Gasteiger partial charge in [-0.15, -0.1) is 0 Å². The van der Waals surface area contributed by atoms with Gasteiger partial charge in [-0.1, -0.05) is 6.07 Å². The largest absolute Gasteiger partial charge is 0.326 e. The van der Waals surface area contributed by atoms with Gasteiger partial charge in [-0.05, 0) is 11.6 Å². The summed E-state index contributed by atoms with van der Waals surface area (Å²) in [5, 5.41) is 0. The van der Waals surface area contributed by atoms with Crippen LogP contribution in [0.25, 0.3) is 0 Å². The number of aromatic nitrogens is 1. The number of hydrogen-bond acceptors (Lipinski definition) is 3. The monoisotopic (exact) mass is 150 g/mol. The summed E-state index contributed by atoms with van der Waals surface area (Å²) in [4.78, 5) is 14.1. The van der Waals surface area contributed by atoms with Crippen molar-refractivity contribution in [1.29, 1.82) is 0 Å². The highest BCUT2D eigenvalue weighted by atomic mass is 16.1. The Morgan fingerprint density at radius 1 is 1.55 bits per heavy atom. The van der Waals surface area contributed by atoms with Crippen LogP contribution in [-0.2, 0) is 17.8 Å². The molecule has 58 valence electrons. The Morgan fingerprint density at radius 2 is 2.36 bits per heavy atom. The second-order valence-corrected chi connectivity index (χ2v) is 2.23. The van der Waals surface area contributed by atoms with Crippen molar-refractivity contribution in [3.05, 3.63) is 29.6 Å². The lowest BCUT2D eigenvalue weighted by atomic mass is 10.2. The zero-order chi connectivity index (χ0) is 8.10. The van der Waals surface area contributed by atoms with Crippen LogP contribution in [0.3, 0.4) is 0 Å². The molecule has 11 heavy (non-hydrogen) atoms. The molecule has 0 saturated carbocycles. The summed E-state index contributed by atoms with van der Waals surface area (Å²) in [6.45, 7) is 0.494. The first kappa shape index (κ1) is 7.88. The molecule has 0 atom stereocenters. The number of carbonyl (C=O) groups is 1. The summed E-state index contributed by atoms with van der Waals surface area (Å²) in [6.07, 6.45) is 2.91. The maximum Gasteiger partial charge on any atom is 0.125 e. The van der Waals surface area contributed by atoms with Gasteiger partial charge in [0.25, 0.3) is 0 Å². The van der Waals surface area contributed by atoms with E-state index in [0.29, 0.717) is 13.0 Å². The van der Waals surface area contributed by atoms with Crippen molar-refractivity contribution in [2.75, 3.05) is 0 Å². The zero-order valence-corrected chi connectivity index (χ0v) is 6.16. The van der Waals surface area contributed by atoms with E-state index in [2.05, 4.69) is 4.98 Å². The lowest BCUT2D eigenvalue weighted by Gasteiger charge is -1.96. The van der Waals surface area contributed by atoms with Gasteiger partial charge in [-0.3, -0.25) is 4.98 Å². The minimum Gasteiger partial charge on any atom is -0.326 e. The van der Waals surface area contributed by atoms with E-state index in [1.165, 1.54) is 0 Å². The molecule has 0 radical (unpaired) electrons. The Morgan fingerprint density at radius 3 is 2.82 bits per heavy atom. The molecule has 1 rings (SSSR count). The third kappa shape index (κ3) is 2.13. The average molecular weight is 150 g/mol. The fraction of sp³-hybridized carbons (Fsp3) is 0.250. The molecule has 1 aromatic heterocycles. The topological polar surface area (TPSA) is 56.0 Å². The van der Waals surface area contributed by atoms with Gasteiger partial charge in [0.2, 0.25) is 0 Å². The van der Waals surface area contributed by atoms with Crippen molar-refractivity contribution in [2.24, 2.45) is 5.73 Å². The van der Waals surface area contributed by atoms with Crippen molar-refractivity contribution in [1.82, 2.24) is 4.98 Å². The Bertz CT molecular complexity index is 230. The van der Waals surface area contributed by atoms with Crippen LogP contribution in [0, 0.1) is 0 Å². The van der Waals surface area contributed by atoms with E-state index in [1.807, 2.05) is 12.1 Å². The highest BCUT2D eigenvalue weighted by Crippen LogP contribution is 1.98. The van der Waals surface area contributed by atoms with Gasteiger partial charge in [-0.25, -0.2) is 0 Å². The number of carbonyl (C=O) groups excluding carboxylic acids is 1. The van der Waals surface area contributed by atoms with Gasteiger partial charge in [0.15, 0.2) is 0 Å². The predicted molar refractivity (Wildman–Crippen MR) is 41.9 cm³/mol. The Balaban J connectivity index is 2.74. The molecule has 0 bridgehead atoms. The quantitative estimate of drug-likeness (QED) is 0.630. The summed E-state index contributed by atoms with van der Waals surface area (Å²) < 4.78 is 0. The van der Waals surface area contributed by atoms with Crippen LogP contribution in [0.2, 0.25) is 0 Å².